The standard InChI is InChI=1S/C33H34N4O4S/c1-19-20(2)42-32-29(19)30(34-26(18-28(39)40-7)31-36-35-21(3)37(31)32)25-15-13-24(14-16-25)23-11-8-22(9-12-23)10-17-27(38)41-33(4,5)6/h8-17,26H,18H2,1-7H3/b17-10+/t26-/m0/s1. The number of aryl methyl sites for hydroxylation is 2. The number of ether oxygens (including phenoxy) is 2. The average Bonchev–Trinajstić information content (AvgIpc) is 3.43. The Morgan fingerprint density at radius 2 is 1.57 bits per heavy atom. The van der Waals surface area contributed by atoms with Gasteiger partial charge in [-0.05, 0) is 69.9 Å². The second kappa shape index (κ2) is 11.5. The largest absolute Gasteiger partial charge is 0.469 e. The zero-order valence-corrected chi connectivity index (χ0v) is 25.7. The Kier molecular flexibility index (Phi) is 7.97. The van der Waals surface area contributed by atoms with E-state index in [1.165, 1.54) is 18.1 Å². The van der Waals surface area contributed by atoms with Crippen LogP contribution in [0.4, 0.5) is 0 Å². The number of hydrogen-bond acceptors (Lipinski definition) is 8. The normalized spacial score (nSPS) is 14.6. The van der Waals surface area contributed by atoms with E-state index < -0.39 is 11.6 Å². The van der Waals surface area contributed by atoms with E-state index in [9.17, 15) is 9.59 Å². The molecule has 1 aliphatic heterocycles. The topological polar surface area (TPSA) is 95.7 Å². The molecular formula is C33H34N4O4S. The SMILES string of the molecule is COC(=O)C[C@@H]1N=C(c2ccc(-c3ccc(/C=C/C(=O)OC(C)(C)C)cc3)cc2)c2c(sc(C)c2C)-n2c(C)nnc21. The molecule has 2 aromatic heterocycles. The fraction of sp³-hybridized carbons (Fsp3) is 0.303. The summed E-state index contributed by atoms with van der Waals surface area (Å²) in [6.45, 7) is 11.7. The molecule has 9 heteroatoms. The van der Waals surface area contributed by atoms with E-state index in [0.29, 0.717) is 5.82 Å². The molecule has 5 rings (SSSR count). The minimum absolute atomic E-state index is 0.0674. The number of thiophene rings is 1. The lowest BCUT2D eigenvalue weighted by Gasteiger charge is -2.17. The Morgan fingerprint density at radius 3 is 2.19 bits per heavy atom. The van der Waals surface area contributed by atoms with Crippen molar-refractivity contribution in [3.63, 3.8) is 0 Å². The summed E-state index contributed by atoms with van der Waals surface area (Å²) >= 11 is 1.68. The molecule has 0 N–H and O–H groups in total. The summed E-state index contributed by atoms with van der Waals surface area (Å²) in [5.41, 5.74) is 6.42. The van der Waals surface area contributed by atoms with E-state index in [2.05, 4.69) is 48.3 Å². The first-order chi connectivity index (χ1) is 19.9. The number of benzene rings is 2. The maximum atomic E-state index is 12.4. The van der Waals surface area contributed by atoms with Crippen molar-refractivity contribution in [3.8, 4) is 16.1 Å². The monoisotopic (exact) mass is 582 g/mol. The average molecular weight is 583 g/mol. The van der Waals surface area contributed by atoms with Crippen LogP contribution in [0.2, 0.25) is 0 Å². The molecule has 0 saturated carbocycles. The third-order valence-electron chi connectivity index (χ3n) is 7.05. The van der Waals surface area contributed by atoms with E-state index in [0.717, 1.165) is 49.9 Å². The molecule has 0 fully saturated rings. The highest BCUT2D eigenvalue weighted by Crippen LogP contribution is 2.39. The molecule has 0 unspecified atom stereocenters. The molecule has 0 saturated heterocycles. The minimum atomic E-state index is -0.533. The fourth-order valence-electron chi connectivity index (χ4n) is 4.87. The lowest BCUT2D eigenvalue weighted by Crippen LogP contribution is -2.22. The minimum Gasteiger partial charge on any atom is -0.469 e. The predicted octanol–water partition coefficient (Wildman–Crippen LogP) is 6.73. The van der Waals surface area contributed by atoms with Gasteiger partial charge in [0.05, 0.1) is 19.2 Å². The molecule has 2 aromatic carbocycles. The number of rotatable bonds is 6. The third-order valence-corrected chi connectivity index (χ3v) is 8.24. The number of fused-ring (bicyclic) bond motifs is 3. The number of carbonyl (C=O) groups is 2. The Bertz CT molecular complexity index is 1700. The van der Waals surface area contributed by atoms with Crippen molar-refractivity contribution in [2.75, 3.05) is 7.11 Å². The number of aromatic nitrogens is 3. The van der Waals surface area contributed by atoms with Crippen LogP contribution in [0, 0.1) is 20.8 Å². The van der Waals surface area contributed by atoms with Crippen LogP contribution in [-0.2, 0) is 19.1 Å². The van der Waals surface area contributed by atoms with Gasteiger partial charge in [-0.1, -0.05) is 48.5 Å². The zero-order valence-electron chi connectivity index (χ0n) is 24.9. The van der Waals surface area contributed by atoms with Crippen molar-refractivity contribution in [2.45, 2.75) is 59.6 Å². The van der Waals surface area contributed by atoms with Crippen molar-refractivity contribution in [1.29, 1.82) is 0 Å². The van der Waals surface area contributed by atoms with Gasteiger partial charge >= 0.3 is 11.9 Å². The second-order valence-corrected chi connectivity index (χ2v) is 12.4. The highest BCUT2D eigenvalue weighted by atomic mass is 32.1. The van der Waals surface area contributed by atoms with Crippen LogP contribution < -0.4 is 0 Å². The lowest BCUT2D eigenvalue weighted by molar-refractivity contribution is -0.148. The van der Waals surface area contributed by atoms with Gasteiger partial charge in [0.15, 0.2) is 5.82 Å². The van der Waals surface area contributed by atoms with Gasteiger partial charge in [0.2, 0.25) is 0 Å². The van der Waals surface area contributed by atoms with Gasteiger partial charge in [-0.2, -0.15) is 0 Å². The predicted molar refractivity (Wildman–Crippen MR) is 165 cm³/mol. The van der Waals surface area contributed by atoms with Crippen LogP contribution in [0.25, 0.3) is 22.2 Å². The van der Waals surface area contributed by atoms with E-state index in [-0.39, 0.29) is 18.4 Å². The molecule has 8 nitrogen and oxygen atoms in total. The molecule has 216 valence electrons. The van der Waals surface area contributed by atoms with Crippen molar-refractivity contribution in [2.24, 2.45) is 4.99 Å². The fourth-order valence-corrected chi connectivity index (χ4v) is 6.09. The maximum Gasteiger partial charge on any atom is 0.331 e. The van der Waals surface area contributed by atoms with E-state index in [4.69, 9.17) is 14.5 Å². The molecule has 0 radical (unpaired) electrons. The van der Waals surface area contributed by atoms with Crippen LogP contribution in [0.15, 0.2) is 59.6 Å². The highest BCUT2D eigenvalue weighted by Gasteiger charge is 2.32. The zero-order chi connectivity index (χ0) is 30.2. The highest BCUT2D eigenvalue weighted by molar-refractivity contribution is 7.15. The maximum absolute atomic E-state index is 12.4. The van der Waals surface area contributed by atoms with Crippen LogP contribution >= 0.6 is 11.3 Å². The van der Waals surface area contributed by atoms with Gasteiger partial charge in [-0.3, -0.25) is 14.4 Å². The Hall–Kier alpha value is -4.37. The number of aliphatic imine (C=N–C) groups is 1. The molecule has 4 aromatic rings. The Balaban J connectivity index is 1.47. The van der Waals surface area contributed by atoms with Gasteiger partial charge in [-0.25, -0.2) is 4.79 Å². The Morgan fingerprint density at radius 1 is 0.952 bits per heavy atom. The molecule has 0 amide bonds. The number of carbonyl (C=O) groups excluding carboxylic acids is 2. The summed E-state index contributed by atoms with van der Waals surface area (Å²) in [4.78, 5) is 30.7. The molecule has 1 atom stereocenters. The number of esters is 2. The summed E-state index contributed by atoms with van der Waals surface area (Å²) < 4.78 is 12.3. The van der Waals surface area contributed by atoms with Crippen molar-refractivity contribution in [1.82, 2.24) is 14.8 Å². The third kappa shape index (κ3) is 5.97. The van der Waals surface area contributed by atoms with Crippen LogP contribution in [0.3, 0.4) is 0 Å². The van der Waals surface area contributed by atoms with Crippen molar-refractivity contribution in [3.05, 3.63) is 93.4 Å². The van der Waals surface area contributed by atoms with Gasteiger partial charge in [0.25, 0.3) is 0 Å². The van der Waals surface area contributed by atoms with E-state index >= 15 is 0 Å². The molecular weight excluding hydrogens is 548 g/mol. The summed E-state index contributed by atoms with van der Waals surface area (Å²) in [7, 11) is 1.38. The molecule has 0 aliphatic carbocycles. The smallest absolute Gasteiger partial charge is 0.331 e. The quantitative estimate of drug-likeness (QED) is 0.185. The number of methoxy groups -OCH3 is 1. The van der Waals surface area contributed by atoms with Crippen LogP contribution in [0.5, 0.6) is 0 Å². The van der Waals surface area contributed by atoms with E-state index in [1.54, 1.807) is 17.4 Å². The summed E-state index contributed by atoms with van der Waals surface area (Å²) in [5.74, 6) is 0.658. The molecule has 3 heterocycles. The lowest BCUT2D eigenvalue weighted by atomic mass is 9.96. The van der Waals surface area contributed by atoms with Gasteiger partial charge in [0.1, 0.15) is 22.5 Å². The van der Waals surface area contributed by atoms with Crippen LogP contribution in [-0.4, -0.2) is 45.1 Å². The van der Waals surface area contributed by atoms with Crippen LogP contribution in [0.1, 0.15) is 72.0 Å². The Labute approximate surface area is 249 Å². The number of hydrogen-bond donors (Lipinski definition) is 0. The van der Waals surface area contributed by atoms with Crippen molar-refractivity contribution < 1.29 is 19.1 Å². The summed E-state index contributed by atoms with van der Waals surface area (Å²) in [6.07, 6.45) is 3.26. The molecule has 0 spiro atoms. The van der Waals surface area contributed by atoms with Gasteiger partial charge < -0.3 is 9.47 Å². The second-order valence-electron chi connectivity index (χ2n) is 11.2. The first kappa shape index (κ1) is 29.1. The summed E-state index contributed by atoms with van der Waals surface area (Å²) in [6, 6.07) is 15.7. The number of nitrogens with zero attached hydrogens (tertiary/aromatic N) is 4. The van der Waals surface area contributed by atoms with Crippen molar-refractivity contribution >= 4 is 35.1 Å². The van der Waals surface area contributed by atoms with E-state index in [1.807, 2.05) is 56.5 Å². The molecule has 42 heavy (non-hydrogen) atoms. The first-order valence-electron chi connectivity index (χ1n) is 13.7. The van der Waals surface area contributed by atoms with Gasteiger partial charge in [-0.15, -0.1) is 21.5 Å². The molecule has 1 aliphatic rings. The van der Waals surface area contributed by atoms with Gasteiger partial charge in [0, 0.05) is 22.1 Å². The molecule has 0 bridgehead atoms. The summed E-state index contributed by atoms with van der Waals surface area (Å²) in [5, 5.41) is 9.75. The first-order valence-corrected chi connectivity index (χ1v) is 14.6.